The minimum Gasteiger partial charge on any atom is -0.379 e. The van der Waals surface area contributed by atoms with Crippen molar-refractivity contribution < 1.29 is 14.3 Å². The number of guanidine groups is 1. The van der Waals surface area contributed by atoms with E-state index >= 15 is 0 Å². The average molecular weight is 532 g/mol. The first-order valence-corrected chi connectivity index (χ1v) is 10.7. The van der Waals surface area contributed by atoms with Gasteiger partial charge in [0, 0.05) is 45.0 Å². The summed E-state index contributed by atoms with van der Waals surface area (Å²) in [5.74, 6) is 0.723. The molecular weight excluding hydrogens is 495 g/mol. The lowest BCUT2D eigenvalue weighted by atomic mass is 10.1. The minimum atomic E-state index is -0.0296. The zero-order chi connectivity index (χ0) is 20.9. The highest BCUT2D eigenvalue weighted by atomic mass is 127. The Kier molecular flexibility index (Phi) is 13.7. The summed E-state index contributed by atoms with van der Waals surface area (Å²) >= 11 is 0. The molecule has 2 atom stereocenters. The van der Waals surface area contributed by atoms with E-state index in [0.29, 0.717) is 25.3 Å². The van der Waals surface area contributed by atoms with Gasteiger partial charge >= 0.3 is 0 Å². The molecule has 1 aliphatic rings. The van der Waals surface area contributed by atoms with E-state index in [4.69, 9.17) is 9.47 Å². The third kappa shape index (κ3) is 10.1. The molecule has 1 aromatic carbocycles. The van der Waals surface area contributed by atoms with Gasteiger partial charge in [0.1, 0.15) is 0 Å². The molecule has 1 amide bonds. The molecule has 170 valence electrons. The van der Waals surface area contributed by atoms with Crippen LogP contribution in [0.5, 0.6) is 0 Å². The molecule has 2 unspecified atom stereocenters. The van der Waals surface area contributed by atoms with Gasteiger partial charge in [0.05, 0.1) is 12.7 Å². The highest BCUT2D eigenvalue weighted by Crippen LogP contribution is 2.11. The van der Waals surface area contributed by atoms with Crippen LogP contribution < -0.4 is 16.0 Å². The van der Waals surface area contributed by atoms with E-state index in [0.717, 1.165) is 50.4 Å². The largest absolute Gasteiger partial charge is 0.379 e. The van der Waals surface area contributed by atoms with Gasteiger partial charge in [-0.25, -0.2) is 0 Å². The fourth-order valence-corrected chi connectivity index (χ4v) is 2.96. The van der Waals surface area contributed by atoms with E-state index < -0.39 is 0 Å². The van der Waals surface area contributed by atoms with Crippen molar-refractivity contribution in [3.05, 3.63) is 35.4 Å². The molecule has 0 bridgehead atoms. The van der Waals surface area contributed by atoms with Crippen LogP contribution in [-0.4, -0.2) is 57.4 Å². The number of nitrogens with one attached hydrogen (secondary N) is 3. The predicted octanol–water partition coefficient (Wildman–Crippen LogP) is 3.08. The van der Waals surface area contributed by atoms with Crippen LogP contribution >= 0.6 is 24.0 Å². The van der Waals surface area contributed by atoms with Gasteiger partial charge in [-0.1, -0.05) is 19.1 Å². The summed E-state index contributed by atoms with van der Waals surface area (Å²) in [7, 11) is 1.76. The Morgan fingerprint density at radius 1 is 1.30 bits per heavy atom. The highest BCUT2D eigenvalue weighted by Gasteiger charge is 2.14. The molecule has 1 fully saturated rings. The van der Waals surface area contributed by atoms with Crippen molar-refractivity contribution in [2.75, 3.05) is 33.4 Å². The molecule has 30 heavy (non-hydrogen) atoms. The predicted molar refractivity (Wildman–Crippen MR) is 132 cm³/mol. The number of nitrogens with zero attached hydrogens (tertiary/aromatic N) is 1. The molecule has 0 aliphatic carbocycles. The molecule has 1 heterocycles. The first kappa shape index (κ1) is 26.6. The molecule has 0 spiro atoms. The van der Waals surface area contributed by atoms with Gasteiger partial charge in [0.25, 0.3) is 5.91 Å². The number of hydrogen-bond donors (Lipinski definition) is 3. The number of halogens is 1. The Labute approximate surface area is 197 Å². The Morgan fingerprint density at radius 3 is 2.70 bits per heavy atom. The SMILES string of the molecule is CCC(C)NC(=O)c1ccc(CNC(=NC)NCCCOCC2CCCO2)cc1.I. The summed E-state index contributed by atoms with van der Waals surface area (Å²) in [5.41, 5.74) is 1.77. The van der Waals surface area contributed by atoms with Crippen LogP contribution in [-0.2, 0) is 16.0 Å². The summed E-state index contributed by atoms with van der Waals surface area (Å²) in [4.78, 5) is 16.4. The van der Waals surface area contributed by atoms with Crippen molar-refractivity contribution >= 4 is 35.8 Å². The smallest absolute Gasteiger partial charge is 0.251 e. The van der Waals surface area contributed by atoms with Crippen LogP contribution in [0, 0.1) is 0 Å². The topological polar surface area (TPSA) is 84.0 Å². The van der Waals surface area contributed by atoms with Crippen molar-refractivity contribution in [3.8, 4) is 0 Å². The Morgan fingerprint density at radius 2 is 2.07 bits per heavy atom. The third-order valence-electron chi connectivity index (χ3n) is 4.98. The Hall–Kier alpha value is -1.39. The molecule has 0 aromatic heterocycles. The first-order valence-electron chi connectivity index (χ1n) is 10.7. The number of carbonyl (C=O) groups is 1. The van der Waals surface area contributed by atoms with Crippen LogP contribution in [0.25, 0.3) is 0 Å². The number of aliphatic imine (C=N–C) groups is 1. The van der Waals surface area contributed by atoms with Gasteiger partial charge in [-0.05, 0) is 50.3 Å². The fraction of sp³-hybridized carbons (Fsp3) is 0.636. The maximum atomic E-state index is 12.1. The molecule has 7 nitrogen and oxygen atoms in total. The molecule has 1 aliphatic heterocycles. The zero-order valence-corrected chi connectivity index (χ0v) is 20.7. The maximum absolute atomic E-state index is 12.1. The number of rotatable bonds is 11. The maximum Gasteiger partial charge on any atom is 0.251 e. The summed E-state index contributed by atoms with van der Waals surface area (Å²) in [6.07, 6.45) is 4.36. The molecule has 0 saturated carbocycles. The highest BCUT2D eigenvalue weighted by molar-refractivity contribution is 14.0. The van der Waals surface area contributed by atoms with Gasteiger partial charge in [0.2, 0.25) is 0 Å². The summed E-state index contributed by atoms with van der Waals surface area (Å²) in [5, 5.41) is 9.56. The van der Waals surface area contributed by atoms with Crippen molar-refractivity contribution in [3.63, 3.8) is 0 Å². The molecule has 0 radical (unpaired) electrons. The number of hydrogen-bond acceptors (Lipinski definition) is 4. The molecular formula is C22H37IN4O3. The second-order valence-corrected chi connectivity index (χ2v) is 7.40. The van der Waals surface area contributed by atoms with Gasteiger partial charge in [-0.3, -0.25) is 9.79 Å². The lowest BCUT2D eigenvalue weighted by molar-refractivity contribution is 0.0168. The summed E-state index contributed by atoms with van der Waals surface area (Å²) in [6, 6.07) is 7.82. The molecule has 3 N–H and O–H groups in total. The fourth-order valence-electron chi connectivity index (χ4n) is 2.96. The van der Waals surface area contributed by atoms with Crippen molar-refractivity contribution in [2.45, 2.75) is 58.2 Å². The third-order valence-corrected chi connectivity index (χ3v) is 4.98. The first-order chi connectivity index (χ1) is 14.1. The van der Waals surface area contributed by atoms with E-state index in [-0.39, 0.29) is 42.0 Å². The Bertz CT molecular complexity index is 634. The standard InChI is InChI=1S/C22H36N4O3.HI/c1-4-17(2)26-21(27)19-10-8-18(9-11-19)15-25-22(23-3)24-12-6-13-28-16-20-7-5-14-29-20;/h8-11,17,20H,4-7,12-16H2,1-3H3,(H,26,27)(H2,23,24,25);1H. The van der Waals surface area contributed by atoms with Gasteiger partial charge < -0.3 is 25.4 Å². The van der Waals surface area contributed by atoms with Gasteiger partial charge in [0.15, 0.2) is 5.96 Å². The number of carbonyl (C=O) groups excluding carboxylic acids is 1. The zero-order valence-electron chi connectivity index (χ0n) is 18.4. The van der Waals surface area contributed by atoms with Crippen LogP contribution in [0.4, 0.5) is 0 Å². The van der Waals surface area contributed by atoms with Crippen molar-refractivity contribution in [1.29, 1.82) is 0 Å². The van der Waals surface area contributed by atoms with Crippen LogP contribution in [0.2, 0.25) is 0 Å². The average Bonchev–Trinajstić information content (AvgIpc) is 3.26. The minimum absolute atomic E-state index is 0. The van der Waals surface area contributed by atoms with E-state index in [1.807, 2.05) is 31.2 Å². The normalized spacial score (nSPS) is 17.2. The van der Waals surface area contributed by atoms with Crippen molar-refractivity contribution in [1.82, 2.24) is 16.0 Å². The van der Waals surface area contributed by atoms with E-state index in [1.54, 1.807) is 7.05 Å². The van der Waals surface area contributed by atoms with Gasteiger partial charge in [-0.2, -0.15) is 0 Å². The van der Waals surface area contributed by atoms with Crippen LogP contribution in [0.15, 0.2) is 29.3 Å². The second-order valence-electron chi connectivity index (χ2n) is 7.40. The number of amides is 1. The quantitative estimate of drug-likeness (QED) is 0.177. The monoisotopic (exact) mass is 532 g/mol. The van der Waals surface area contributed by atoms with E-state index in [1.165, 1.54) is 0 Å². The summed E-state index contributed by atoms with van der Waals surface area (Å²) < 4.78 is 11.2. The lowest BCUT2D eigenvalue weighted by Gasteiger charge is -2.14. The lowest BCUT2D eigenvalue weighted by Crippen LogP contribution is -2.37. The molecule has 2 rings (SSSR count). The van der Waals surface area contributed by atoms with Crippen molar-refractivity contribution in [2.24, 2.45) is 4.99 Å². The van der Waals surface area contributed by atoms with Gasteiger partial charge in [-0.15, -0.1) is 24.0 Å². The van der Waals surface area contributed by atoms with E-state index in [2.05, 4.69) is 27.9 Å². The second kappa shape index (κ2) is 15.4. The molecule has 8 heteroatoms. The Balaban J connectivity index is 0.00000450. The van der Waals surface area contributed by atoms with Crippen LogP contribution in [0.3, 0.4) is 0 Å². The number of ether oxygens (including phenoxy) is 2. The molecule has 1 saturated heterocycles. The number of benzene rings is 1. The van der Waals surface area contributed by atoms with Crippen LogP contribution in [0.1, 0.15) is 55.5 Å². The summed E-state index contributed by atoms with van der Waals surface area (Å²) in [6.45, 7) is 7.76. The molecule has 1 aromatic rings. The van der Waals surface area contributed by atoms with E-state index in [9.17, 15) is 4.79 Å².